The minimum absolute atomic E-state index is 0.608. The minimum atomic E-state index is -0.719. The van der Waals surface area contributed by atoms with Crippen molar-refractivity contribution in [2.45, 2.75) is 19.4 Å². The summed E-state index contributed by atoms with van der Waals surface area (Å²) in [7, 11) is 4.73. The van der Waals surface area contributed by atoms with Gasteiger partial charge in [-0.05, 0) is 13.8 Å². The molecule has 0 atom stereocenters. The van der Waals surface area contributed by atoms with E-state index < -0.39 is 5.60 Å². The van der Waals surface area contributed by atoms with E-state index in [9.17, 15) is 0 Å². The first-order valence-corrected chi connectivity index (χ1v) is 5.18. The van der Waals surface area contributed by atoms with Crippen molar-refractivity contribution in [1.29, 1.82) is 0 Å². The number of hydrogen-bond donors (Lipinski definition) is 1. The van der Waals surface area contributed by atoms with Crippen molar-refractivity contribution in [2.24, 2.45) is 5.90 Å². The van der Waals surface area contributed by atoms with E-state index in [4.69, 9.17) is 24.9 Å². The summed E-state index contributed by atoms with van der Waals surface area (Å²) in [6, 6.07) is 3.53. The fourth-order valence-corrected chi connectivity index (χ4v) is 1.66. The maximum Gasteiger partial charge on any atom is 0.132 e. The third kappa shape index (κ3) is 2.62. The van der Waals surface area contributed by atoms with E-state index in [1.54, 1.807) is 33.5 Å². The molecule has 0 spiro atoms. The van der Waals surface area contributed by atoms with Crippen molar-refractivity contribution < 1.29 is 19.0 Å². The smallest absolute Gasteiger partial charge is 0.132 e. The molecule has 2 N–H and O–H groups in total. The third-order valence-electron chi connectivity index (χ3n) is 2.61. The summed E-state index contributed by atoms with van der Waals surface area (Å²) in [4.78, 5) is 4.98. The molecule has 0 unspecified atom stereocenters. The van der Waals surface area contributed by atoms with Gasteiger partial charge in [0.15, 0.2) is 0 Å². The Labute approximate surface area is 101 Å². The average molecular weight is 241 g/mol. The zero-order chi connectivity index (χ0) is 13.1. The number of benzene rings is 1. The molecule has 1 rings (SSSR count). The Kier molecular flexibility index (Phi) is 4.20. The summed E-state index contributed by atoms with van der Waals surface area (Å²) in [5, 5.41) is 0. The lowest BCUT2D eigenvalue weighted by molar-refractivity contribution is -0.0266. The van der Waals surface area contributed by atoms with Gasteiger partial charge >= 0.3 is 0 Å². The maximum absolute atomic E-state index is 5.32. The Morgan fingerprint density at radius 3 is 1.71 bits per heavy atom. The van der Waals surface area contributed by atoms with Crippen LogP contribution in [0.1, 0.15) is 19.4 Å². The molecule has 96 valence electrons. The van der Waals surface area contributed by atoms with Gasteiger partial charge in [-0.1, -0.05) is 0 Å². The fourth-order valence-electron chi connectivity index (χ4n) is 1.66. The normalized spacial score (nSPS) is 11.2. The van der Waals surface area contributed by atoms with Gasteiger partial charge in [0, 0.05) is 12.1 Å². The van der Waals surface area contributed by atoms with Crippen LogP contribution in [-0.4, -0.2) is 21.3 Å². The maximum atomic E-state index is 5.32. The van der Waals surface area contributed by atoms with Gasteiger partial charge in [0.1, 0.15) is 22.8 Å². The molecular weight excluding hydrogens is 222 g/mol. The molecule has 0 aliphatic heterocycles. The molecule has 0 saturated carbocycles. The summed E-state index contributed by atoms with van der Waals surface area (Å²) >= 11 is 0. The second kappa shape index (κ2) is 5.25. The molecular formula is C12H19NO4. The van der Waals surface area contributed by atoms with Crippen LogP contribution < -0.4 is 20.1 Å². The summed E-state index contributed by atoms with van der Waals surface area (Å²) in [5.74, 6) is 7.18. The van der Waals surface area contributed by atoms with Crippen molar-refractivity contribution in [2.75, 3.05) is 21.3 Å². The Balaban J connectivity index is 3.45. The van der Waals surface area contributed by atoms with E-state index in [2.05, 4.69) is 0 Å². The molecule has 0 amide bonds. The van der Waals surface area contributed by atoms with Crippen molar-refractivity contribution in [1.82, 2.24) is 0 Å². The topological polar surface area (TPSA) is 62.9 Å². The van der Waals surface area contributed by atoms with Crippen molar-refractivity contribution in [3.05, 3.63) is 17.7 Å². The Bertz CT molecular complexity index is 365. The zero-order valence-electron chi connectivity index (χ0n) is 10.9. The quantitative estimate of drug-likeness (QED) is 0.797. The molecule has 0 saturated heterocycles. The van der Waals surface area contributed by atoms with Crippen LogP contribution in [0.3, 0.4) is 0 Å². The van der Waals surface area contributed by atoms with Crippen LogP contribution in [0.4, 0.5) is 0 Å². The predicted molar refractivity (Wildman–Crippen MR) is 64.4 cm³/mol. The van der Waals surface area contributed by atoms with Crippen LogP contribution in [0.25, 0.3) is 0 Å². The highest BCUT2D eigenvalue weighted by Gasteiger charge is 2.30. The molecule has 1 aromatic carbocycles. The van der Waals surface area contributed by atoms with Gasteiger partial charge in [-0.3, -0.25) is 4.84 Å². The first-order valence-electron chi connectivity index (χ1n) is 5.18. The SMILES string of the molecule is COc1cc(OC)c(C(C)(C)ON)c(OC)c1. The van der Waals surface area contributed by atoms with Gasteiger partial charge in [-0.2, -0.15) is 0 Å². The Hall–Kier alpha value is -1.46. The second-order valence-corrected chi connectivity index (χ2v) is 4.04. The molecule has 0 aromatic heterocycles. The first-order chi connectivity index (χ1) is 8.00. The lowest BCUT2D eigenvalue weighted by atomic mass is 9.95. The standard InChI is InChI=1S/C12H19NO4/c1-12(2,17-13)11-9(15-4)6-8(14-3)7-10(11)16-5/h6-7H,13H2,1-5H3. The van der Waals surface area contributed by atoms with E-state index in [1.165, 1.54) is 0 Å². The van der Waals surface area contributed by atoms with Gasteiger partial charge in [0.25, 0.3) is 0 Å². The van der Waals surface area contributed by atoms with E-state index in [1.807, 2.05) is 13.8 Å². The predicted octanol–water partition coefficient (Wildman–Crippen LogP) is 1.84. The molecule has 17 heavy (non-hydrogen) atoms. The van der Waals surface area contributed by atoms with Crippen molar-refractivity contribution in [3.8, 4) is 17.2 Å². The van der Waals surface area contributed by atoms with E-state index in [0.717, 1.165) is 5.56 Å². The number of rotatable bonds is 5. The summed E-state index contributed by atoms with van der Waals surface area (Å²) in [6.07, 6.45) is 0. The highest BCUT2D eigenvalue weighted by Crippen LogP contribution is 2.41. The number of methoxy groups -OCH3 is 3. The largest absolute Gasteiger partial charge is 0.496 e. The van der Waals surface area contributed by atoms with Crippen LogP contribution in [0.5, 0.6) is 17.2 Å². The van der Waals surface area contributed by atoms with Gasteiger partial charge in [-0.25, -0.2) is 5.90 Å². The minimum Gasteiger partial charge on any atom is -0.496 e. The average Bonchev–Trinajstić information content (AvgIpc) is 2.36. The van der Waals surface area contributed by atoms with Gasteiger partial charge in [-0.15, -0.1) is 0 Å². The van der Waals surface area contributed by atoms with Crippen molar-refractivity contribution in [3.63, 3.8) is 0 Å². The van der Waals surface area contributed by atoms with Crippen molar-refractivity contribution >= 4 is 0 Å². The first kappa shape index (κ1) is 13.6. The summed E-state index contributed by atoms with van der Waals surface area (Å²) in [6.45, 7) is 3.67. The molecule has 1 aromatic rings. The molecule has 0 fully saturated rings. The summed E-state index contributed by atoms with van der Waals surface area (Å²) < 4.78 is 15.8. The highest BCUT2D eigenvalue weighted by molar-refractivity contribution is 5.53. The number of hydrogen-bond acceptors (Lipinski definition) is 5. The highest BCUT2D eigenvalue weighted by atomic mass is 16.6. The Morgan fingerprint density at radius 2 is 1.41 bits per heavy atom. The van der Waals surface area contributed by atoms with Crippen LogP contribution in [0, 0.1) is 0 Å². The molecule has 0 aliphatic rings. The lowest BCUT2D eigenvalue weighted by Gasteiger charge is -2.26. The molecule has 0 radical (unpaired) electrons. The van der Waals surface area contributed by atoms with E-state index >= 15 is 0 Å². The number of ether oxygens (including phenoxy) is 3. The van der Waals surface area contributed by atoms with Gasteiger partial charge < -0.3 is 14.2 Å². The van der Waals surface area contributed by atoms with Crippen LogP contribution >= 0.6 is 0 Å². The molecule has 5 heteroatoms. The molecule has 0 aliphatic carbocycles. The van der Waals surface area contributed by atoms with E-state index in [0.29, 0.717) is 17.2 Å². The monoisotopic (exact) mass is 241 g/mol. The molecule has 0 bridgehead atoms. The third-order valence-corrected chi connectivity index (χ3v) is 2.61. The van der Waals surface area contributed by atoms with Crippen LogP contribution in [0.2, 0.25) is 0 Å². The molecule has 5 nitrogen and oxygen atoms in total. The zero-order valence-corrected chi connectivity index (χ0v) is 10.9. The van der Waals surface area contributed by atoms with Gasteiger partial charge in [0.2, 0.25) is 0 Å². The Morgan fingerprint density at radius 1 is 0.941 bits per heavy atom. The summed E-state index contributed by atoms with van der Waals surface area (Å²) in [5.41, 5.74) is 0.0222. The lowest BCUT2D eigenvalue weighted by Crippen LogP contribution is -2.26. The van der Waals surface area contributed by atoms with Crippen LogP contribution in [-0.2, 0) is 10.4 Å². The van der Waals surface area contributed by atoms with Gasteiger partial charge in [0.05, 0.1) is 26.9 Å². The number of nitrogens with two attached hydrogens (primary N) is 1. The van der Waals surface area contributed by atoms with Crippen LogP contribution in [0.15, 0.2) is 12.1 Å². The van der Waals surface area contributed by atoms with E-state index in [-0.39, 0.29) is 0 Å². The second-order valence-electron chi connectivity index (χ2n) is 4.04. The molecule has 0 heterocycles. The fraction of sp³-hybridized carbons (Fsp3) is 0.500.